The van der Waals surface area contributed by atoms with Crippen molar-refractivity contribution in [3.05, 3.63) is 59.8 Å². The molecule has 2 aromatic rings. The molecule has 1 aromatic carbocycles. The van der Waals surface area contributed by atoms with Gasteiger partial charge in [-0.1, -0.05) is 36.4 Å². The third-order valence-electron chi connectivity index (χ3n) is 4.30. The maximum atomic E-state index is 12.0. The molecule has 0 bridgehead atoms. The summed E-state index contributed by atoms with van der Waals surface area (Å²) >= 11 is 0. The number of ether oxygens (including phenoxy) is 1. The number of aryl methyl sites for hydroxylation is 1. The highest BCUT2D eigenvalue weighted by Crippen LogP contribution is 2.15. The van der Waals surface area contributed by atoms with Gasteiger partial charge in [0.05, 0.1) is 6.10 Å². The zero-order valence-corrected chi connectivity index (χ0v) is 20.2. The molecule has 1 unspecified atom stereocenters. The molecular formula is C22H32IN5O2. The number of rotatable bonds is 10. The van der Waals surface area contributed by atoms with Crippen molar-refractivity contribution < 1.29 is 9.53 Å². The molecule has 30 heavy (non-hydrogen) atoms. The van der Waals surface area contributed by atoms with Crippen molar-refractivity contribution in [1.82, 2.24) is 15.6 Å². The molecule has 164 valence electrons. The first-order valence-electron chi connectivity index (χ1n) is 9.92. The van der Waals surface area contributed by atoms with Crippen molar-refractivity contribution in [2.24, 2.45) is 4.99 Å². The van der Waals surface area contributed by atoms with Crippen LogP contribution in [0.3, 0.4) is 0 Å². The maximum absolute atomic E-state index is 12.0. The summed E-state index contributed by atoms with van der Waals surface area (Å²) in [7, 11) is 1.71. The van der Waals surface area contributed by atoms with E-state index in [0.29, 0.717) is 31.3 Å². The Morgan fingerprint density at radius 3 is 2.53 bits per heavy atom. The van der Waals surface area contributed by atoms with Crippen molar-refractivity contribution in [3.63, 3.8) is 0 Å². The van der Waals surface area contributed by atoms with Crippen LogP contribution in [0.5, 0.6) is 0 Å². The van der Waals surface area contributed by atoms with Gasteiger partial charge in [-0.25, -0.2) is 4.98 Å². The molecule has 1 amide bonds. The van der Waals surface area contributed by atoms with Crippen molar-refractivity contribution in [2.45, 2.75) is 32.8 Å². The number of guanidine groups is 1. The first-order chi connectivity index (χ1) is 14.1. The number of aromatic nitrogens is 1. The smallest absolute Gasteiger partial charge is 0.227 e. The molecule has 8 heteroatoms. The lowest BCUT2D eigenvalue weighted by molar-refractivity contribution is -0.116. The molecule has 3 N–H and O–H groups in total. The van der Waals surface area contributed by atoms with E-state index in [0.717, 1.165) is 18.5 Å². The van der Waals surface area contributed by atoms with Crippen molar-refractivity contribution in [3.8, 4) is 0 Å². The van der Waals surface area contributed by atoms with Crippen LogP contribution in [0.4, 0.5) is 5.82 Å². The summed E-state index contributed by atoms with van der Waals surface area (Å²) < 4.78 is 5.86. The van der Waals surface area contributed by atoms with E-state index < -0.39 is 0 Å². The predicted molar refractivity (Wildman–Crippen MR) is 132 cm³/mol. The molecule has 2 rings (SSSR count). The number of carbonyl (C=O) groups is 1. The van der Waals surface area contributed by atoms with Crippen LogP contribution in [0.25, 0.3) is 0 Å². The minimum absolute atomic E-state index is 0. The SMILES string of the molecule is CN=C(NCCCOC(C)c1ccccc1)NCCC(=O)Nc1ccc(C)cn1.I. The summed E-state index contributed by atoms with van der Waals surface area (Å²) in [5.74, 6) is 1.14. The molecule has 0 fully saturated rings. The third-order valence-corrected chi connectivity index (χ3v) is 4.30. The number of carbonyl (C=O) groups excluding carboxylic acids is 1. The topological polar surface area (TPSA) is 87.6 Å². The average molecular weight is 525 g/mol. The van der Waals surface area contributed by atoms with Crippen molar-refractivity contribution in [1.29, 1.82) is 0 Å². The van der Waals surface area contributed by atoms with Gasteiger partial charge >= 0.3 is 0 Å². The first-order valence-corrected chi connectivity index (χ1v) is 9.92. The Bertz CT molecular complexity index is 769. The van der Waals surface area contributed by atoms with Gasteiger partial charge in [0, 0.05) is 39.4 Å². The van der Waals surface area contributed by atoms with Gasteiger partial charge in [-0.15, -0.1) is 24.0 Å². The number of aliphatic imine (C=N–C) groups is 1. The molecule has 1 heterocycles. The molecule has 0 saturated heterocycles. The van der Waals surface area contributed by atoms with Gasteiger partial charge in [0.2, 0.25) is 5.91 Å². The van der Waals surface area contributed by atoms with Gasteiger partial charge < -0.3 is 20.7 Å². The van der Waals surface area contributed by atoms with Gasteiger partial charge in [0.25, 0.3) is 0 Å². The largest absolute Gasteiger partial charge is 0.374 e. The van der Waals surface area contributed by atoms with Crippen LogP contribution < -0.4 is 16.0 Å². The lowest BCUT2D eigenvalue weighted by Crippen LogP contribution is -2.39. The zero-order chi connectivity index (χ0) is 20.9. The summed E-state index contributed by atoms with van der Waals surface area (Å²) in [6.07, 6.45) is 2.99. The molecular weight excluding hydrogens is 493 g/mol. The Hall–Kier alpha value is -2.20. The summed E-state index contributed by atoms with van der Waals surface area (Å²) in [4.78, 5) is 20.3. The Morgan fingerprint density at radius 2 is 1.87 bits per heavy atom. The summed E-state index contributed by atoms with van der Waals surface area (Å²) in [5, 5.41) is 9.14. The molecule has 0 radical (unpaired) electrons. The number of amides is 1. The number of nitrogens with one attached hydrogen (secondary N) is 3. The quantitative estimate of drug-likeness (QED) is 0.191. The van der Waals surface area contributed by atoms with Crippen LogP contribution in [0, 0.1) is 6.92 Å². The Kier molecular flexibility index (Phi) is 12.7. The Morgan fingerprint density at radius 1 is 1.13 bits per heavy atom. The second-order valence-corrected chi connectivity index (χ2v) is 6.72. The highest BCUT2D eigenvalue weighted by molar-refractivity contribution is 14.0. The number of benzene rings is 1. The van der Waals surface area contributed by atoms with Crippen LogP contribution in [-0.2, 0) is 9.53 Å². The number of hydrogen-bond donors (Lipinski definition) is 3. The predicted octanol–water partition coefficient (Wildman–Crippen LogP) is 3.67. The normalized spacial score (nSPS) is 11.9. The number of pyridine rings is 1. The Balaban J connectivity index is 0.00000450. The summed E-state index contributed by atoms with van der Waals surface area (Å²) in [5.41, 5.74) is 2.23. The molecule has 0 aliphatic heterocycles. The van der Waals surface area contributed by atoms with E-state index in [1.54, 1.807) is 19.3 Å². The lowest BCUT2D eigenvalue weighted by atomic mass is 10.1. The summed E-state index contributed by atoms with van der Waals surface area (Å²) in [6, 6.07) is 13.9. The van der Waals surface area contributed by atoms with E-state index in [9.17, 15) is 4.79 Å². The number of nitrogens with zero attached hydrogens (tertiary/aromatic N) is 2. The fourth-order valence-electron chi connectivity index (χ4n) is 2.62. The van der Waals surface area contributed by atoms with Gasteiger partial charge in [0.1, 0.15) is 5.82 Å². The van der Waals surface area contributed by atoms with Crippen LogP contribution in [0.15, 0.2) is 53.7 Å². The number of anilines is 1. The fraction of sp³-hybridized carbons (Fsp3) is 0.409. The van der Waals surface area contributed by atoms with E-state index in [1.807, 2.05) is 31.2 Å². The second kappa shape index (κ2) is 14.7. The van der Waals surface area contributed by atoms with Crippen LogP contribution in [0.2, 0.25) is 0 Å². The first kappa shape index (κ1) is 25.8. The van der Waals surface area contributed by atoms with Crippen LogP contribution >= 0.6 is 24.0 Å². The third kappa shape index (κ3) is 10.0. The Labute approximate surface area is 196 Å². The van der Waals surface area contributed by atoms with Crippen molar-refractivity contribution in [2.75, 3.05) is 32.1 Å². The standard InChI is InChI=1S/C22H31N5O2.HI/c1-17-10-11-20(26-16-17)27-21(28)12-14-25-22(23-3)24-13-7-15-29-18(2)19-8-5-4-6-9-19;/h4-6,8-11,16,18H,7,12-15H2,1-3H3,(H2,23,24,25)(H,26,27,28);1H. The van der Waals surface area contributed by atoms with E-state index in [1.165, 1.54) is 5.56 Å². The highest BCUT2D eigenvalue weighted by Gasteiger charge is 2.06. The number of halogens is 1. The second-order valence-electron chi connectivity index (χ2n) is 6.72. The highest BCUT2D eigenvalue weighted by atomic mass is 127. The monoisotopic (exact) mass is 525 g/mol. The van der Waals surface area contributed by atoms with Gasteiger partial charge in [-0.2, -0.15) is 0 Å². The maximum Gasteiger partial charge on any atom is 0.227 e. The molecule has 0 spiro atoms. The van der Waals surface area contributed by atoms with E-state index in [4.69, 9.17) is 4.74 Å². The summed E-state index contributed by atoms with van der Waals surface area (Å²) in [6.45, 7) is 5.89. The fourth-order valence-corrected chi connectivity index (χ4v) is 2.62. The van der Waals surface area contributed by atoms with Crippen LogP contribution in [-0.4, -0.2) is 43.6 Å². The molecule has 0 saturated carbocycles. The van der Waals surface area contributed by atoms with E-state index >= 15 is 0 Å². The molecule has 1 atom stereocenters. The van der Waals surface area contributed by atoms with Gasteiger partial charge in [0.15, 0.2) is 5.96 Å². The molecule has 1 aromatic heterocycles. The zero-order valence-electron chi connectivity index (χ0n) is 17.9. The van der Waals surface area contributed by atoms with Crippen molar-refractivity contribution >= 4 is 41.7 Å². The average Bonchev–Trinajstić information content (AvgIpc) is 2.74. The van der Waals surface area contributed by atoms with Gasteiger partial charge in [-0.3, -0.25) is 9.79 Å². The molecule has 0 aliphatic carbocycles. The number of hydrogen-bond acceptors (Lipinski definition) is 4. The van der Waals surface area contributed by atoms with E-state index in [2.05, 4.69) is 45.0 Å². The van der Waals surface area contributed by atoms with E-state index in [-0.39, 0.29) is 36.0 Å². The minimum Gasteiger partial charge on any atom is -0.374 e. The molecule has 0 aliphatic rings. The lowest BCUT2D eigenvalue weighted by Gasteiger charge is -2.15. The van der Waals surface area contributed by atoms with Gasteiger partial charge in [-0.05, 0) is 37.5 Å². The minimum atomic E-state index is -0.0902. The van der Waals surface area contributed by atoms with Crippen LogP contribution in [0.1, 0.15) is 37.0 Å². The molecule has 7 nitrogen and oxygen atoms in total.